The Labute approximate surface area is 191 Å². The summed E-state index contributed by atoms with van der Waals surface area (Å²) < 4.78 is 22.2. The van der Waals surface area contributed by atoms with Gasteiger partial charge in [0.25, 0.3) is 5.91 Å². The van der Waals surface area contributed by atoms with Crippen molar-refractivity contribution in [2.75, 3.05) is 33.4 Å². The first-order valence-electron chi connectivity index (χ1n) is 11.1. The topological polar surface area (TPSA) is 90.2 Å². The van der Waals surface area contributed by atoms with Crippen molar-refractivity contribution in [3.63, 3.8) is 0 Å². The molecule has 1 amide bonds. The van der Waals surface area contributed by atoms with Gasteiger partial charge >= 0.3 is 0 Å². The molecule has 0 bridgehead atoms. The summed E-state index contributed by atoms with van der Waals surface area (Å²) in [6.07, 6.45) is 1.64. The van der Waals surface area contributed by atoms with Crippen LogP contribution in [0, 0.1) is 0 Å². The molecule has 0 spiro atoms. The molecule has 2 aliphatic heterocycles. The summed E-state index contributed by atoms with van der Waals surface area (Å²) in [6.45, 7) is 3.70. The van der Waals surface area contributed by atoms with E-state index in [2.05, 4.69) is 16.3 Å². The molecule has 172 valence electrons. The lowest BCUT2D eigenvalue weighted by atomic mass is 10.0. The monoisotopic (exact) mass is 450 g/mol. The first-order valence-corrected chi connectivity index (χ1v) is 11.1. The van der Waals surface area contributed by atoms with Gasteiger partial charge in [0.1, 0.15) is 24.5 Å². The van der Waals surface area contributed by atoms with Crippen LogP contribution in [0.5, 0.6) is 17.2 Å². The molecular weight excluding hydrogens is 424 g/mol. The zero-order valence-corrected chi connectivity index (χ0v) is 18.5. The smallest absolute Gasteiger partial charge is 0.287 e. The highest BCUT2D eigenvalue weighted by molar-refractivity contribution is 5.93. The molecule has 2 aliphatic rings. The van der Waals surface area contributed by atoms with Gasteiger partial charge in [-0.2, -0.15) is 0 Å². The average molecular weight is 450 g/mol. The molecule has 0 unspecified atom stereocenters. The number of nitrogens with zero attached hydrogens (tertiary/aromatic N) is 1. The summed E-state index contributed by atoms with van der Waals surface area (Å²) in [5, 5.41) is 3.43. The maximum atomic E-state index is 12.8. The minimum atomic E-state index is -0.373. The van der Waals surface area contributed by atoms with Crippen LogP contribution >= 0.6 is 0 Å². The quantitative estimate of drug-likeness (QED) is 0.639. The lowest BCUT2D eigenvalue weighted by molar-refractivity contribution is 0.0881. The molecular formula is C25H26N2O6. The van der Waals surface area contributed by atoms with Gasteiger partial charge < -0.3 is 23.9 Å². The summed E-state index contributed by atoms with van der Waals surface area (Å²) in [7, 11) is 1.54. The third-order valence-electron chi connectivity index (χ3n) is 6.10. The van der Waals surface area contributed by atoms with Crippen molar-refractivity contribution in [2.24, 2.45) is 0 Å². The summed E-state index contributed by atoms with van der Waals surface area (Å²) in [5.41, 5.74) is 1.26. The van der Waals surface area contributed by atoms with Crippen molar-refractivity contribution in [3.05, 3.63) is 64.0 Å². The Bertz CT molecular complexity index is 1230. The summed E-state index contributed by atoms with van der Waals surface area (Å²) >= 11 is 0. The SMILES string of the molecule is COc1ccc2c(=O)cc(C(=O)NC3CCN(Cc4ccc5c(c4)OCCO5)CC3)oc2c1. The number of benzene rings is 2. The van der Waals surface area contributed by atoms with Crippen molar-refractivity contribution < 1.29 is 23.4 Å². The number of carbonyl (C=O) groups is 1. The molecule has 1 aromatic heterocycles. The number of rotatable bonds is 5. The van der Waals surface area contributed by atoms with Gasteiger partial charge in [-0.25, -0.2) is 0 Å². The highest BCUT2D eigenvalue weighted by atomic mass is 16.6. The molecule has 1 fully saturated rings. The third-order valence-corrected chi connectivity index (χ3v) is 6.10. The molecule has 3 heterocycles. The Morgan fingerprint density at radius 2 is 1.85 bits per heavy atom. The molecule has 2 aromatic carbocycles. The van der Waals surface area contributed by atoms with E-state index in [4.69, 9.17) is 18.6 Å². The number of hydrogen-bond acceptors (Lipinski definition) is 7. The van der Waals surface area contributed by atoms with Crippen LogP contribution in [0.3, 0.4) is 0 Å². The second kappa shape index (κ2) is 9.15. The van der Waals surface area contributed by atoms with E-state index in [9.17, 15) is 9.59 Å². The first kappa shape index (κ1) is 21.3. The average Bonchev–Trinajstić information content (AvgIpc) is 2.84. The predicted molar refractivity (Wildman–Crippen MR) is 122 cm³/mol. The predicted octanol–water partition coefficient (Wildman–Crippen LogP) is 2.97. The second-order valence-electron chi connectivity index (χ2n) is 8.34. The first-order chi connectivity index (χ1) is 16.1. The minimum Gasteiger partial charge on any atom is -0.497 e. The van der Waals surface area contributed by atoms with Gasteiger partial charge in [0.15, 0.2) is 22.7 Å². The number of likely N-dealkylation sites (tertiary alicyclic amines) is 1. The highest BCUT2D eigenvalue weighted by Crippen LogP contribution is 2.31. The van der Waals surface area contributed by atoms with Crippen LogP contribution in [0.1, 0.15) is 29.0 Å². The van der Waals surface area contributed by atoms with Gasteiger partial charge in [0.05, 0.1) is 12.5 Å². The Morgan fingerprint density at radius 3 is 2.64 bits per heavy atom. The lowest BCUT2D eigenvalue weighted by Crippen LogP contribution is -2.44. The standard InChI is InChI=1S/C25H26N2O6/c1-30-18-3-4-19-20(28)14-24(33-22(19)13-18)25(29)26-17-6-8-27(9-7-17)15-16-2-5-21-23(12-16)32-11-10-31-21/h2-5,12-14,17H,6-11,15H2,1H3,(H,26,29). The van der Waals surface area contributed by atoms with Crippen LogP contribution in [-0.4, -0.2) is 50.3 Å². The maximum Gasteiger partial charge on any atom is 0.287 e. The fourth-order valence-electron chi connectivity index (χ4n) is 4.31. The molecule has 5 rings (SSSR count). The van der Waals surface area contributed by atoms with E-state index in [1.54, 1.807) is 18.2 Å². The Kier molecular flexibility index (Phi) is 5.92. The molecule has 3 aromatic rings. The molecule has 0 saturated carbocycles. The zero-order valence-electron chi connectivity index (χ0n) is 18.5. The summed E-state index contributed by atoms with van der Waals surface area (Å²) in [5.74, 6) is 1.80. The van der Waals surface area contributed by atoms with Crippen LogP contribution in [-0.2, 0) is 6.54 Å². The van der Waals surface area contributed by atoms with E-state index in [1.165, 1.54) is 18.7 Å². The molecule has 33 heavy (non-hydrogen) atoms. The van der Waals surface area contributed by atoms with Crippen LogP contribution in [0.15, 0.2) is 51.7 Å². The largest absolute Gasteiger partial charge is 0.497 e. The van der Waals surface area contributed by atoms with Gasteiger partial charge in [0.2, 0.25) is 0 Å². The van der Waals surface area contributed by atoms with Gasteiger partial charge in [-0.15, -0.1) is 0 Å². The van der Waals surface area contributed by atoms with Gasteiger partial charge in [0, 0.05) is 37.8 Å². The van der Waals surface area contributed by atoms with Crippen LogP contribution < -0.4 is 25.0 Å². The Balaban J connectivity index is 1.19. The van der Waals surface area contributed by atoms with Crippen molar-refractivity contribution in [2.45, 2.75) is 25.4 Å². The van der Waals surface area contributed by atoms with Crippen molar-refractivity contribution in [3.8, 4) is 17.2 Å². The van der Waals surface area contributed by atoms with Crippen molar-refractivity contribution in [1.82, 2.24) is 10.2 Å². The minimum absolute atomic E-state index is 0.0134. The normalized spacial score (nSPS) is 16.5. The van der Waals surface area contributed by atoms with Crippen molar-refractivity contribution in [1.29, 1.82) is 0 Å². The third kappa shape index (κ3) is 4.66. The van der Waals surface area contributed by atoms with Crippen molar-refractivity contribution >= 4 is 16.9 Å². The van der Waals surface area contributed by atoms with Gasteiger partial charge in [-0.1, -0.05) is 6.07 Å². The number of methoxy groups -OCH3 is 1. The van der Waals surface area contributed by atoms with E-state index < -0.39 is 0 Å². The number of nitrogens with one attached hydrogen (secondary N) is 1. The van der Waals surface area contributed by atoms with E-state index in [1.807, 2.05) is 12.1 Å². The molecule has 8 heteroatoms. The number of carbonyl (C=O) groups excluding carboxylic acids is 1. The van der Waals surface area contributed by atoms with Gasteiger partial charge in [-0.3, -0.25) is 14.5 Å². The highest BCUT2D eigenvalue weighted by Gasteiger charge is 2.23. The molecule has 1 saturated heterocycles. The maximum absolute atomic E-state index is 12.8. The van der Waals surface area contributed by atoms with E-state index in [0.717, 1.165) is 44.0 Å². The fourth-order valence-corrected chi connectivity index (χ4v) is 4.31. The fraction of sp³-hybridized carbons (Fsp3) is 0.360. The summed E-state index contributed by atoms with van der Waals surface area (Å²) in [6, 6.07) is 12.3. The lowest BCUT2D eigenvalue weighted by Gasteiger charge is -2.32. The Morgan fingerprint density at radius 1 is 1.06 bits per heavy atom. The van der Waals surface area contributed by atoms with E-state index in [0.29, 0.717) is 29.9 Å². The molecule has 1 N–H and O–H groups in total. The molecule has 0 radical (unpaired) electrons. The second-order valence-corrected chi connectivity index (χ2v) is 8.34. The number of hydrogen-bond donors (Lipinski definition) is 1. The zero-order chi connectivity index (χ0) is 22.8. The van der Waals surface area contributed by atoms with Crippen LogP contribution in [0.2, 0.25) is 0 Å². The van der Waals surface area contributed by atoms with E-state index >= 15 is 0 Å². The number of piperidine rings is 1. The van der Waals surface area contributed by atoms with E-state index in [-0.39, 0.29) is 23.1 Å². The van der Waals surface area contributed by atoms with Crippen LogP contribution in [0.25, 0.3) is 11.0 Å². The molecule has 8 nitrogen and oxygen atoms in total. The number of ether oxygens (including phenoxy) is 3. The van der Waals surface area contributed by atoms with Gasteiger partial charge in [-0.05, 0) is 42.7 Å². The Hall–Kier alpha value is -3.52. The molecule has 0 atom stereocenters. The molecule has 0 aliphatic carbocycles. The summed E-state index contributed by atoms with van der Waals surface area (Å²) in [4.78, 5) is 27.5. The number of amides is 1. The number of fused-ring (bicyclic) bond motifs is 2. The van der Waals surface area contributed by atoms with Crippen LogP contribution in [0.4, 0.5) is 0 Å².